The zero-order valence-electron chi connectivity index (χ0n) is 13.7. The van der Waals surface area contributed by atoms with Crippen LogP contribution in [0, 0.1) is 0 Å². The van der Waals surface area contributed by atoms with E-state index in [2.05, 4.69) is 15.4 Å². The normalized spacial score (nSPS) is 9.92. The van der Waals surface area contributed by atoms with Crippen molar-refractivity contribution >= 4 is 23.3 Å². The Labute approximate surface area is 140 Å². The van der Waals surface area contributed by atoms with Crippen molar-refractivity contribution in [3.05, 3.63) is 54.1 Å². The van der Waals surface area contributed by atoms with E-state index in [-0.39, 0.29) is 12.5 Å². The van der Waals surface area contributed by atoms with Gasteiger partial charge in [-0.2, -0.15) is 0 Å². The van der Waals surface area contributed by atoms with Crippen LogP contribution in [0.3, 0.4) is 0 Å². The minimum Gasteiger partial charge on any atom is -0.494 e. The lowest BCUT2D eigenvalue weighted by atomic mass is 10.2. The number of esters is 1. The average molecular weight is 328 g/mol. The number of hydrogen-bond donors (Lipinski definition) is 2. The van der Waals surface area contributed by atoms with Crippen molar-refractivity contribution in [2.24, 2.45) is 0 Å². The molecule has 6 heteroatoms. The molecule has 2 aromatic carbocycles. The van der Waals surface area contributed by atoms with Crippen LogP contribution < -0.4 is 15.4 Å². The summed E-state index contributed by atoms with van der Waals surface area (Å²) in [5, 5.41) is 5.78. The Morgan fingerprint density at radius 3 is 2.17 bits per heavy atom. The SMILES string of the molecule is CCOc1ccc(NCC(=O)Nc2ccc(C(=O)OC)cc2)cc1. The summed E-state index contributed by atoms with van der Waals surface area (Å²) in [7, 11) is 1.32. The van der Waals surface area contributed by atoms with Gasteiger partial charge in [-0.25, -0.2) is 4.79 Å². The maximum absolute atomic E-state index is 11.9. The second-order valence-electron chi connectivity index (χ2n) is 4.93. The lowest BCUT2D eigenvalue weighted by Crippen LogP contribution is -2.21. The van der Waals surface area contributed by atoms with E-state index in [1.54, 1.807) is 24.3 Å². The second kappa shape index (κ2) is 8.57. The molecule has 24 heavy (non-hydrogen) atoms. The number of nitrogens with one attached hydrogen (secondary N) is 2. The quantitative estimate of drug-likeness (QED) is 0.764. The molecule has 0 atom stereocenters. The number of carbonyl (C=O) groups is 2. The summed E-state index contributed by atoms with van der Waals surface area (Å²) in [5.41, 5.74) is 1.87. The van der Waals surface area contributed by atoms with Gasteiger partial charge in [0.15, 0.2) is 0 Å². The van der Waals surface area contributed by atoms with Gasteiger partial charge in [0.05, 0.1) is 25.8 Å². The molecule has 0 bridgehead atoms. The molecule has 0 aliphatic heterocycles. The molecular weight excluding hydrogens is 308 g/mol. The Bertz CT molecular complexity index is 681. The molecule has 2 aromatic rings. The topological polar surface area (TPSA) is 76.7 Å². The molecule has 0 spiro atoms. The number of hydrogen-bond acceptors (Lipinski definition) is 5. The molecule has 0 radical (unpaired) electrons. The van der Waals surface area contributed by atoms with Gasteiger partial charge >= 0.3 is 5.97 Å². The van der Waals surface area contributed by atoms with Gasteiger partial charge in [-0.05, 0) is 55.5 Å². The molecule has 1 amide bonds. The van der Waals surface area contributed by atoms with Crippen molar-refractivity contribution in [2.75, 3.05) is 30.9 Å². The molecule has 0 fully saturated rings. The average Bonchev–Trinajstić information content (AvgIpc) is 2.61. The van der Waals surface area contributed by atoms with Crippen molar-refractivity contribution in [2.45, 2.75) is 6.92 Å². The van der Waals surface area contributed by atoms with Crippen LogP contribution in [0.2, 0.25) is 0 Å². The summed E-state index contributed by atoms with van der Waals surface area (Å²) in [6.07, 6.45) is 0. The van der Waals surface area contributed by atoms with Crippen LogP contribution in [0.4, 0.5) is 11.4 Å². The second-order valence-corrected chi connectivity index (χ2v) is 4.93. The Kier molecular flexibility index (Phi) is 6.19. The minimum atomic E-state index is -0.412. The number of rotatable bonds is 7. The lowest BCUT2D eigenvalue weighted by molar-refractivity contribution is -0.114. The summed E-state index contributed by atoms with van der Waals surface area (Å²) < 4.78 is 9.98. The van der Waals surface area contributed by atoms with E-state index in [0.717, 1.165) is 11.4 Å². The monoisotopic (exact) mass is 328 g/mol. The van der Waals surface area contributed by atoms with Crippen LogP contribution in [0.15, 0.2) is 48.5 Å². The highest BCUT2D eigenvalue weighted by Gasteiger charge is 2.06. The van der Waals surface area contributed by atoms with E-state index >= 15 is 0 Å². The Balaban J connectivity index is 1.83. The zero-order valence-corrected chi connectivity index (χ0v) is 13.7. The van der Waals surface area contributed by atoms with Crippen molar-refractivity contribution in [1.29, 1.82) is 0 Å². The number of carbonyl (C=O) groups excluding carboxylic acids is 2. The van der Waals surface area contributed by atoms with E-state index in [0.29, 0.717) is 17.9 Å². The van der Waals surface area contributed by atoms with E-state index in [9.17, 15) is 9.59 Å². The number of benzene rings is 2. The van der Waals surface area contributed by atoms with Crippen LogP contribution >= 0.6 is 0 Å². The van der Waals surface area contributed by atoms with E-state index < -0.39 is 5.97 Å². The maximum Gasteiger partial charge on any atom is 0.337 e. The van der Waals surface area contributed by atoms with E-state index in [4.69, 9.17) is 4.74 Å². The Morgan fingerprint density at radius 2 is 1.58 bits per heavy atom. The molecule has 2 N–H and O–H groups in total. The number of anilines is 2. The minimum absolute atomic E-state index is 0.132. The highest BCUT2D eigenvalue weighted by atomic mass is 16.5. The summed E-state index contributed by atoms with van der Waals surface area (Å²) in [5.74, 6) is 0.193. The van der Waals surface area contributed by atoms with Crippen LogP contribution in [-0.4, -0.2) is 32.1 Å². The fourth-order valence-electron chi connectivity index (χ4n) is 2.03. The molecule has 0 heterocycles. The number of methoxy groups -OCH3 is 1. The highest BCUT2D eigenvalue weighted by molar-refractivity contribution is 5.95. The van der Waals surface area contributed by atoms with E-state index in [1.807, 2.05) is 31.2 Å². The predicted molar refractivity (Wildman–Crippen MR) is 92.5 cm³/mol. The van der Waals surface area contributed by atoms with Gasteiger partial charge in [0.1, 0.15) is 5.75 Å². The third-order valence-corrected chi connectivity index (χ3v) is 3.21. The molecule has 0 saturated heterocycles. The molecule has 6 nitrogen and oxygen atoms in total. The summed E-state index contributed by atoms with van der Waals surface area (Å²) >= 11 is 0. The van der Waals surface area contributed by atoms with Crippen LogP contribution in [0.5, 0.6) is 5.75 Å². The van der Waals surface area contributed by atoms with Gasteiger partial charge in [-0.3, -0.25) is 4.79 Å². The standard InChI is InChI=1S/C18H20N2O4/c1-3-24-16-10-8-14(9-11-16)19-12-17(21)20-15-6-4-13(5-7-15)18(22)23-2/h4-11,19H,3,12H2,1-2H3,(H,20,21). The smallest absolute Gasteiger partial charge is 0.337 e. The van der Waals surface area contributed by atoms with Crippen molar-refractivity contribution in [3.8, 4) is 5.75 Å². The lowest BCUT2D eigenvalue weighted by Gasteiger charge is -2.09. The van der Waals surface area contributed by atoms with Crippen molar-refractivity contribution < 1.29 is 19.1 Å². The Hall–Kier alpha value is -3.02. The molecular formula is C18H20N2O4. The molecule has 0 aliphatic rings. The molecule has 0 aliphatic carbocycles. The van der Waals surface area contributed by atoms with Crippen LogP contribution in [0.25, 0.3) is 0 Å². The first-order valence-corrected chi connectivity index (χ1v) is 7.57. The van der Waals surface area contributed by atoms with Gasteiger partial charge in [0, 0.05) is 11.4 Å². The van der Waals surface area contributed by atoms with Gasteiger partial charge in [0.2, 0.25) is 5.91 Å². The molecule has 0 saturated carbocycles. The fraction of sp³-hybridized carbons (Fsp3) is 0.222. The number of amides is 1. The Morgan fingerprint density at radius 1 is 0.958 bits per heavy atom. The first-order valence-electron chi connectivity index (χ1n) is 7.57. The third-order valence-electron chi connectivity index (χ3n) is 3.21. The molecule has 126 valence electrons. The first-order chi connectivity index (χ1) is 11.6. The summed E-state index contributed by atoms with van der Waals surface area (Å²) in [6, 6.07) is 13.9. The van der Waals surface area contributed by atoms with Crippen LogP contribution in [-0.2, 0) is 9.53 Å². The van der Waals surface area contributed by atoms with Crippen molar-refractivity contribution in [1.82, 2.24) is 0 Å². The predicted octanol–water partition coefficient (Wildman–Crippen LogP) is 2.92. The molecule has 0 unspecified atom stereocenters. The third kappa shape index (κ3) is 5.01. The van der Waals surface area contributed by atoms with Gasteiger partial charge in [0.25, 0.3) is 0 Å². The van der Waals surface area contributed by atoms with Gasteiger partial charge in [-0.15, -0.1) is 0 Å². The molecule has 2 rings (SSSR count). The maximum atomic E-state index is 11.9. The zero-order chi connectivity index (χ0) is 17.4. The fourth-order valence-corrected chi connectivity index (χ4v) is 2.03. The highest BCUT2D eigenvalue weighted by Crippen LogP contribution is 2.15. The molecule has 0 aromatic heterocycles. The van der Waals surface area contributed by atoms with Crippen LogP contribution in [0.1, 0.15) is 17.3 Å². The van der Waals surface area contributed by atoms with E-state index in [1.165, 1.54) is 7.11 Å². The summed E-state index contributed by atoms with van der Waals surface area (Å²) in [4.78, 5) is 23.3. The van der Waals surface area contributed by atoms with Gasteiger partial charge < -0.3 is 20.1 Å². The first kappa shape index (κ1) is 17.3. The summed E-state index contributed by atoms with van der Waals surface area (Å²) in [6.45, 7) is 2.67. The number of ether oxygens (including phenoxy) is 2. The van der Waals surface area contributed by atoms with Crippen molar-refractivity contribution in [3.63, 3.8) is 0 Å². The van der Waals surface area contributed by atoms with Gasteiger partial charge in [-0.1, -0.05) is 0 Å². The largest absolute Gasteiger partial charge is 0.494 e.